The van der Waals surface area contributed by atoms with Gasteiger partial charge in [0.15, 0.2) is 12.1 Å². The van der Waals surface area contributed by atoms with Crippen LogP contribution in [0.15, 0.2) is 5.11 Å². The van der Waals surface area contributed by atoms with Gasteiger partial charge >= 0.3 is 0 Å². The van der Waals surface area contributed by atoms with Gasteiger partial charge in [0.25, 0.3) is 0 Å². The highest BCUT2D eigenvalue weighted by atomic mass is 16.8. The molecule has 90 valence electrons. The van der Waals surface area contributed by atoms with Crippen molar-refractivity contribution >= 4 is 0 Å². The number of rotatable bonds is 2. The summed E-state index contributed by atoms with van der Waals surface area (Å²) >= 11 is 0. The zero-order valence-electron chi connectivity index (χ0n) is 9.95. The van der Waals surface area contributed by atoms with Crippen molar-refractivity contribution in [1.82, 2.24) is 0 Å². The second kappa shape index (κ2) is 3.89. The summed E-state index contributed by atoms with van der Waals surface area (Å²) in [5, 5.41) is 3.79. The Morgan fingerprint density at radius 3 is 2.56 bits per heavy atom. The van der Waals surface area contributed by atoms with Crippen LogP contribution in [0, 0.1) is 5.92 Å². The SMILES string of the molecule is CC(C)[C@H]1O[C@@H]2OC(C)(C)O[C@@H]2[C@H]1N=[N+]=[N-]. The van der Waals surface area contributed by atoms with Crippen molar-refractivity contribution in [2.75, 3.05) is 0 Å². The molecule has 0 bridgehead atoms. The highest BCUT2D eigenvalue weighted by Gasteiger charge is 2.54. The first kappa shape index (κ1) is 11.7. The summed E-state index contributed by atoms with van der Waals surface area (Å²) in [5.41, 5.74) is 8.58. The van der Waals surface area contributed by atoms with E-state index in [9.17, 15) is 0 Å². The van der Waals surface area contributed by atoms with Gasteiger partial charge in [-0.3, -0.25) is 0 Å². The third kappa shape index (κ3) is 1.89. The first-order valence-corrected chi connectivity index (χ1v) is 5.50. The average molecular weight is 227 g/mol. The van der Waals surface area contributed by atoms with Gasteiger partial charge in [0.1, 0.15) is 6.10 Å². The molecule has 16 heavy (non-hydrogen) atoms. The van der Waals surface area contributed by atoms with Crippen molar-refractivity contribution in [3.05, 3.63) is 10.4 Å². The molecule has 0 aromatic carbocycles. The molecule has 0 N–H and O–H groups in total. The molecule has 6 nitrogen and oxygen atoms in total. The van der Waals surface area contributed by atoms with Gasteiger partial charge < -0.3 is 14.2 Å². The fourth-order valence-corrected chi connectivity index (χ4v) is 2.26. The topological polar surface area (TPSA) is 76.5 Å². The molecule has 2 heterocycles. The van der Waals surface area contributed by atoms with E-state index in [-0.39, 0.29) is 24.2 Å². The van der Waals surface area contributed by atoms with Crippen LogP contribution in [0.5, 0.6) is 0 Å². The zero-order valence-corrected chi connectivity index (χ0v) is 9.95. The summed E-state index contributed by atoms with van der Waals surface area (Å²) in [6.45, 7) is 7.70. The third-order valence-corrected chi connectivity index (χ3v) is 2.89. The minimum Gasteiger partial charge on any atom is -0.346 e. The Balaban J connectivity index is 2.20. The van der Waals surface area contributed by atoms with Gasteiger partial charge in [0.05, 0.1) is 12.1 Å². The quantitative estimate of drug-likeness (QED) is 0.412. The molecule has 0 aromatic heterocycles. The molecule has 0 radical (unpaired) electrons. The number of hydrogen-bond donors (Lipinski definition) is 0. The predicted octanol–water partition coefficient (Wildman–Crippen LogP) is 2.20. The van der Waals surface area contributed by atoms with Crippen molar-refractivity contribution in [2.45, 2.75) is 58.0 Å². The lowest BCUT2D eigenvalue weighted by Crippen LogP contribution is -2.35. The Bertz CT molecular complexity index is 325. The van der Waals surface area contributed by atoms with Crippen LogP contribution in [-0.2, 0) is 14.2 Å². The standard InChI is InChI=1S/C10H17N3O3/c1-5(2)7-6(12-13-11)8-9(14-7)16-10(3,4)15-8/h5-9H,1-4H3/t6-,7+,8+,9+/m0/s1. The highest BCUT2D eigenvalue weighted by Crippen LogP contribution is 2.40. The van der Waals surface area contributed by atoms with E-state index in [4.69, 9.17) is 19.7 Å². The molecule has 2 fully saturated rings. The van der Waals surface area contributed by atoms with Crippen molar-refractivity contribution < 1.29 is 14.2 Å². The van der Waals surface area contributed by atoms with Gasteiger partial charge in [-0.15, -0.1) is 0 Å². The largest absolute Gasteiger partial charge is 0.346 e. The minimum absolute atomic E-state index is 0.137. The maximum Gasteiger partial charge on any atom is 0.187 e. The highest BCUT2D eigenvalue weighted by molar-refractivity contribution is 4.98. The van der Waals surface area contributed by atoms with E-state index < -0.39 is 12.1 Å². The molecule has 0 aromatic rings. The van der Waals surface area contributed by atoms with Crippen LogP contribution in [0.25, 0.3) is 10.4 Å². The molecule has 2 saturated heterocycles. The average Bonchev–Trinajstić information content (AvgIpc) is 2.60. The molecule has 2 rings (SSSR count). The van der Waals surface area contributed by atoms with Gasteiger partial charge in [-0.1, -0.05) is 19.0 Å². The molecule has 4 atom stereocenters. The fraction of sp³-hybridized carbons (Fsp3) is 1.00. The lowest BCUT2D eigenvalue weighted by Gasteiger charge is -2.25. The molecule has 0 unspecified atom stereocenters. The monoisotopic (exact) mass is 227 g/mol. The van der Waals surface area contributed by atoms with Gasteiger partial charge in [0.2, 0.25) is 0 Å². The second-order valence-electron chi connectivity index (χ2n) is 5.01. The van der Waals surface area contributed by atoms with Crippen LogP contribution in [0.4, 0.5) is 0 Å². The molecule has 2 aliphatic rings. The van der Waals surface area contributed by atoms with Crippen molar-refractivity contribution in [3.8, 4) is 0 Å². The van der Waals surface area contributed by atoms with Gasteiger partial charge in [0, 0.05) is 4.91 Å². The van der Waals surface area contributed by atoms with Crippen LogP contribution in [-0.4, -0.2) is 30.3 Å². The summed E-state index contributed by atoms with van der Waals surface area (Å²) in [7, 11) is 0. The molecular weight excluding hydrogens is 210 g/mol. The molecule has 2 aliphatic heterocycles. The Kier molecular flexibility index (Phi) is 2.84. The van der Waals surface area contributed by atoms with E-state index in [2.05, 4.69) is 10.0 Å². The van der Waals surface area contributed by atoms with Gasteiger partial charge in [-0.25, -0.2) is 0 Å². The number of nitrogens with zero attached hydrogens (tertiary/aromatic N) is 3. The van der Waals surface area contributed by atoms with E-state index in [1.54, 1.807) is 0 Å². The van der Waals surface area contributed by atoms with Crippen LogP contribution in [0.1, 0.15) is 27.7 Å². The van der Waals surface area contributed by atoms with Crippen LogP contribution < -0.4 is 0 Å². The van der Waals surface area contributed by atoms with E-state index in [0.717, 1.165) is 0 Å². The Labute approximate surface area is 94.5 Å². The molecular formula is C10H17N3O3. The molecule has 0 aliphatic carbocycles. The van der Waals surface area contributed by atoms with Crippen LogP contribution in [0.3, 0.4) is 0 Å². The third-order valence-electron chi connectivity index (χ3n) is 2.89. The summed E-state index contributed by atoms with van der Waals surface area (Å²) in [4.78, 5) is 2.87. The maximum absolute atomic E-state index is 8.58. The summed E-state index contributed by atoms with van der Waals surface area (Å²) in [6, 6.07) is -0.309. The summed E-state index contributed by atoms with van der Waals surface area (Å²) in [6.07, 6.45) is -0.849. The van der Waals surface area contributed by atoms with Crippen LogP contribution >= 0.6 is 0 Å². The second-order valence-corrected chi connectivity index (χ2v) is 5.01. The van der Waals surface area contributed by atoms with Crippen LogP contribution in [0.2, 0.25) is 0 Å². The number of azide groups is 1. The minimum atomic E-state index is -0.666. The van der Waals surface area contributed by atoms with Gasteiger partial charge in [-0.05, 0) is 25.3 Å². The van der Waals surface area contributed by atoms with E-state index in [1.807, 2.05) is 27.7 Å². The Morgan fingerprint density at radius 1 is 1.31 bits per heavy atom. The number of ether oxygens (including phenoxy) is 3. The smallest absolute Gasteiger partial charge is 0.187 e. The van der Waals surface area contributed by atoms with Gasteiger partial charge in [-0.2, -0.15) is 0 Å². The van der Waals surface area contributed by atoms with E-state index >= 15 is 0 Å². The lowest BCUT2D eigenvalue weighted by atomic mass is 9.99. The molecule has 0 saturated carbocycles. The lowest BCUT2D eigenvalue weighted by molar-refractivity contribution is -0.210. The molecule has 0 spiro atoms. The Hall–Kier alpha value is -0.810. The van der Waals surface area contributed by atoms with Crippen molar-refractivity contribution in [3.63, 3.8) is 0 Å². The Morgan fingerprint density at radius 2 is 2.00 bits per heavy atom. The first-order chi connectivity index (χ1) is 7.44. The fourth-order valence-electron chi connectivity index (χ4n) is 2.26. The van der Waals surface area contributed by atoms with Crippen molar-refractivity contribution in [1.29, 1.82) is 0 Å². The normalized spacial score (nSPS) is 40.8. The number of hydrogen-bond acceptors (Lipinski definition) is 4. The van der Waals surface area contributed by atoms with E-state index in [1.165, 1.54) is 0 Å². The summed E-state index contributed by atoms with van der Waals surface area (Å²) < 4.78 is 17.0. The van der Waals surface area contributed by atoms with E-state index in [0.29, 0.717) is 0 Å². The van der Waals surface area contributed by atoms with Crippen molar-refractivity contribution in [2.24, 2.45) is 11.0 Å². The first-order valence-electron chi connectivity index (χ1n) is 5.50. The molecule has 0 amide bonds. The molecule has 6 heteroatoms. The maximum atomic E-state index is 8.58. The number of fused-ring (bicyclic) bond motifs is 1. The zero-order chi connectivity index (χ0) is 11.9. The predicted molar refractivity (Wildman–Crippen MR) is 56.5 cm³/mol. The summed E-state index contributed by atoms with van der Waals surface area (Å²) in [5.74, 6) is -0.406.